The minimum absolute atomic E-state index is 0.208. The van der Waals surface area contributed by atoms with Crippen LogP contribution in [0.5, 0.6) is 0 Å². The zero-order valence-corrected chi connectivity index (χ0v) is 12.2. The van der Waals surface area contributed by atoms with Gasteiger partial charge in [0, 0.05) is 25.7 Å². The van der Waals surface area contributed by atoms with Gasteiger partial charge in [-0.25, -0.2) is 0 Å². The Labute approximate surface area is 123 Å². The van der Waals surface area contributed by atoms with Gasteiger partial charge in [0.05, 0.1) is 16.5 Å². The number of hydrogen-bond acceptors (Lipinski definition) is 4. The topological polar surface area (TPSA) is 44.1 Å². The predicted molar refractivity (Wildman–Crippen MR) is 82.3 cm³/mol. The molecule has 2 aromatic rings. The third-order valence-electron chi connectivity index (χ3n) is 3.11. The van der Waals surface area contributed by atoms with Gasteiger partial charge in [0.25, 0.3) is 0 Å². The molecule has 0 saturated carbocycles. The van der Waals surface area contributed by atoms with E-state index in [-0.39, 0.29) is 5.78 Å². The minimum atomic E-state index is 0.208. The molecule has 3 nitrogen and oxygen atoms in total. The third-order valence-corrected chi connectivity index (χ3v) is 4.02. The molecule has 0 N–H and O–H groups in total. The summed E-state index contributed by atoms with van der Waals surface area (Å²) in [6.07, 6.45) is 1.37. The first-order chi connectivity index (χ1) is 9.70. The monoisotopic (exact) mass is 284 g/mol. The summed E-state index contributed by atoms with van der Waals surface area (Å²) in [7, 11) is 1.98. The molecule has 0 unspecified atom stereocenters. The number of anilines is 1. The second kappa shape index (κ2) is 6.88. The average Bonchev–Trinajstić information content (AvgIpc) is 3.01. The predicted octanol–water partition coefficient (Wildman–Crippen LogP) is 3.72. The summed E-state index contributed by atoms with van der Waals surface area (Å²) >= 11 is 1.49. The van der Waals surface area contributed by atoms with E-state index in [0.717, 1.165) is 23.5 Å². The van der Waals surface area contributed by atoms with Crippen molar-refractivity contribution in [1.29, 1.82) is 5.26 Å². The number of ketones is 1. The molecule has 0 aliphatic rings. The lowest BCUT2D eigenvalue weighted by Crippen LogP contribution is -2.19. The number of nitriles is 1. The summed E-state index contributed by atoms with van der Waals surface area (Å²) in [6.45, 7) is 0.798. The summed E-state index contributed by atoms with van der Waals surface area (Å²) in [6, 6.07) is 13.4. The minimum Gasteiger partial charge on any atom is -0.375 e. The second-order valence-electron chi connectivity index (χ2n) is 4.59. The lowest BCUT2D eigenvalue weighted by Gasteiger charge is -2.19. The number of thiophene rings is 1. The third kappa shape index (κ3) is 3.69. The molecule has 0 aliphatic heterocycles. The van der Waals surface area contributed by atoms with Crippen LogP contribution in [0, 0.1) is 11.3 Å². The van der Waals surface area contributed by atoms with E-state index in [4.69, 9.17) is 5.26 Å². The zero-order chi connectivity index (χ0) is 14.4. The molecule has 1 aromatic carbocycles. The number of hydrogen-bond donors (Lipinski definition) is 0. The first-order valence-electron chi connectivity index (χ1n) is 6.48. The highest BCUT2D eigenvalue weighted by Crippen LogP contribution is 2.16. The lowest BCUT2D eigenvalue weighted by molar-refractivity contribution is 0.0984. The lowest BCUT2D eigenvalue weighted by atomic mass is 10.1. The van der Waals surface area contributed by atoms with Gasteiger partial charge in [0.15, 0.2) is 5.78 Å². The van der Waals surface area contributed by atoms with Gasteiger partial charge in [-0.1, -0.05) is 12.1 Å². The average molecular weight is 284 g/mol. The van der Waals surface area contributed by atoms with Crippen LogP contribution in [0.4, 0.5) is 5.69 Å². The molecule has 0 atom stereocenters. The van der Waals surface area contributed by atoms with Gasteiger partial charge >= 0.3 is 0 Å². The first-order valence-corrected chi connectivity index (χ1v) is 7.36. The van der Waals surface area contributed by atoms with Gasteiger partial charge in [-0.15, -0.1) is 11.3 Å². The van der Waals surface area contributed by atoms with E-state index in [9.17, 15) is 4.79 Å². The molecule has 2 rings (SSSR count). The van der Waals surface area contributed by atoms with Crippen LogP contribution < -0.4 is 4.90 Å². The molecule has 0 bridgehead atoms. The van der Waals surface area contributed by atoms with E-state index < -0.39 is 0 Å². The number of carbonyl (C=O) groups is 1. The molecule has 0 spiro atoms. The fraction of sp³-hybridized carbons (Fsp3) is 0.250. The molecule has 0 radical (unpaired) electrons. The quantitative estimate of drug-likeness (QED) is 0.759. The molecule has 1 aromatic heterocycles. The maximum atomic E-state index is 11.9. The van der Waals surface area contributed by atoms with E-state index in [1.807, 2.05) is 42.8 Å². The van der Waals surface area contributed by atoms with E-state index in [1.165, 1.54) is 11.3 Å². The fourth-order valence-electron chi connectivity index (χ4n) is 1.98. The molecule has 4 heteroatoms. The molecule has 0 fully saturated rings. The van der Waals surface area contributed by atoms with Crippen LogP contribution in [-0.2, 0) is 0 Å². The van der Waals surface area contributed by atoms with Crippen molar-refractivity contribution in [1.82, 2.24) is 0 Å². The number of Topliss-reactive ketones (excluding diaryl/α,β-unsaturated/α-hetero) is 1. The summed E-state index contributed by atoms with van der Waals surface area (Å²) in [5.74, 6) is 0.208. The van der Waals surface area contributed by atoms with Gasteiger partial charge in [-0.2, -0.15) is 5.26 Å². The number of rotatable bonds is 6. The molecule has 1 heterocycles. The standard InChI is InChI=1S/C16H16N2OS/c1-18(14-6-2-5-13(11-14)12-17)9-3-7-15(19)16-8-4-10-20-16/h2,4-6,8,10-11H,3,7,9H2,1H3. The number of benzene rings is 1. The van der Waals surface area contributed by atoms with Crippen LogP contribution in [0.1, 0.15) is 28.1 Å². The Morgan fingerprint density at radius 3 is 2.90 bits per heavy atom. The number of nitrogens with zero attached hydrogens (tertiary/aromatic N) is 2. The zero-order valence-electron chi connectivity index (χ0n) is 11.4. The van der Waals surface area contributed by atoms with Gasteiger partial charge < -0.3 is 4.90 Å². The van der Waals surface area contributed by atoms with Crippen LogP contribution >= 0.6 is 11.3 Å². The highest BCUT2D eigenvalue weighted by atomic mass is 32.1. The van der Waals surface area contributed by atoms with E-state index in [1.54, 1.807) is 6.07 Å². The molecule has 20 heavy (non-hydrogen) atoms. The van der Waals surface area contributed by atoms with Gasteiger partial charge in [-0.3, -0.25) is 4.79 Å². The van der Waals surface area contributed by atoms with Crippen molar-refractivity contribution in [2.45, 2.75) is 12.8 Å². The maximum absolute atomic E-state index is 11.9. The fourth-order valence-corrected chi connectivity index (χ4v) is 2.67. The first kappa shape index (κ1) is 14.3. The number of carbonyl (C=O) groups excluding carboxylic acids is 1. The SMILES string of the molecule is CN(CCCC(=O)c1cccs1)c1cccc(C#N)c1. The van der Waals surface area contributed by atoms with E-state index in [2.05, 4.69) is 11.0 Å². The van der Waals surface area contributed by atoms with Gasteiger partial charge in [0.1, 0.15) is 0 Å². The maximum Gasteiger partial charge on any atom is 0.172 e. The Balaban J connectivity index is 1.84. The summed E-state index contributed by atoms with van der Waals surface area (Å²) in [4.78, 5) is 14.8. The van der Waals surface area contributed by atoms with E-state index in [0.29, 0.717) is 12.0 Å². The molecule has 0 aliphatic carbocycles. The Kier molecular flexibility index (Phi) is 4.91. The normalized spacial score (nSPS) is 10.0. The largest absolute Gasteiger partial charge is 0.375 e. The Hall–Kier alpha value is -2.12. The van der Waals surface area contributed by atoms with Crippen LogP contribution in [0.25, 0.3) is 0 Å². The van der Waals surface area contributed by atoms with Crippen LogP contribution in [-0.4, -0.2) is 19.4 Å². The Bertz CT molecular complexity index is 614. The van der Waals surface area contributed by atoms with Crippen molar-refractivity contribution in [2.24, 2.45) is 0 Å². The molecule has 102 valence electrons. The molecular formula is C16H16N2OS. The Morgan fingerprint density at radius 1 is 1.35 bits per heavy atom. The van der Waals surface area contributed by atoms with Crippen molar-refractivity contribution in [3.63, 3.8) is 0 Å². The molecular weight excluding hydrogens is 268 g/mol. The van der Waals surface area contributed by atoms with E-state index >= 15 is 0 Å². The second-order valence-corrected chi connectivity index (χ2v) is 5.54. The highest BCUT2D eigenvalue weighted by molar-refractivity contribution is 7.12. The molecule has 0 amide bonds. The van der Waals surface area contributed by atoms with Crippen molar-refractivity contribution in [3.05, 3.63) is 52.2 Å². The van der Waals surface area contributed by atoms with Gasteiger partial charge in [0.2, 0.25) is 0 Å². The Morgan fingerprint density at radius 2 is 2.20 bits per heavy atom. The van der Waals surface area contributed by atoms with Crippen molar-refractivity contribution < 1.29 is 4.79 Å². The van der Waals surface area contributed by atoms with Crippen LogP contribution in [0.2, 0.25) is 0 Å². The van der Waals surface area contributed by atoms with Crippen molar-refractivity contribution in [3.8, 4) is 6.07 Å². The smallest absolute Gasteiger partial charge is 0.172 e. The molecule has 0 saturated heterocycles. The van der Waals surface area contributed by atoms with Crippen molar-refractivity contribution in [2.75, 3.05) is 18.5 Å². The van der Waals surface area contributed by atoms with Crippen molar-refractivity contribution >= 4 is 22.8 Å². The summed E-state index contributed by atoms with van der Waals surface area (Å²) in [5, 5.41) is 10.8. The van der Waals surface area contributed by atoms with Crippen LogP contribution in [0.3, 0.4) is 0 Å². The summed E-state index contributed by atoms with van der Waals surface area (Å²) in [5.41, 5.74) is 1.66. The van der Waals surface area contributed by atoms with Gasteiger partial charge in [-0.05, 0) is 36.1 Å². The summed E-state index contributed by atoms with van der Waals surface area (Å²) < 4.78 is 0. The van der Waals surface area contributed by atoms with Crippen LogP contribution in [0.15, 0.2) is 41.8 Å². The highest BCUT2D eigenvalue weighted by Gasteiger charge is 2.08.